The summed E-state index contributed by atoms with van der Waals surface area (Å²) in [6.45, 7) is 6.95. The standard InChI is InChI=1S/C24H23N3OS/c1-15-7-9-18(10-8-15)21-16(2)29-24-22(21)23(28)25-20(26-24)14-27-12-11-17-5-3-4-6-19(17)13-27/h3-10H,11-14H2,1-2H3,(H,25,26,28)/p+1. The molecule has 2 N–H and O–H groups in total. The van der Waals surface area contributed by atoms with E-state index < -0.39 is 0 Å². The van der Waals surface area contributed by atoms with E-state index in [0.717, 1.165) is 58.1 Å². The Kier molecular flexibility index (Phi) is 4.57. The first kappa shape index (κ1) is 18.3. The Morgan fingerprint density at radius 2 is 1.83 bits per heavy atom. The minimum Gasteiger partial charge on any atom is -0.325 e. The molecule has 4 aromatic rings. The molecule has 0 bridgehead atoms. The van der Waals surface area contributed by atoms with Crippen molar-refractivity contribution >= 4 is 21.6 Å². The molecule has 1 unspecified atom stereocenters. The van der Waals surface area contributed by atoms with Crippen LogP contribution in [0.5, 0.6) is 0 Å². The number of fused-ring (bicyclic) bond motifs is 2. The number of H-pyrrole nitrogens is 1. The van der Waals surface area contributed by atoms with E-state index in [0.29, 0.717) is 0 Å². The number of hydrogen-bond acceptors (Lipinski definition) is 3. The molecule has 0 amide bonds. The number of aryl methyl sites for hydroxylation is 2. The van der Waals surface area contributed by atoms with Crippen LogP contribution in [0, 0.1) is 13.8 Å². The molecule has 1 aliphatic rings. The topological polar surface area (TPSA) is 50.2 Å². The van der Waals surface area contributed by atoms with Crippen molar-refractivity contribution in [3.63, 3.8) is 0 Å². The zero-order valence-electron chi connectivity index (χ0n) is 16.7. The molecule has 0 saturated heterocycles. The minimum atomic E-state index is -0.0262. The van der Waals surface area contributed by atoms with Gasteiger partial charge in [0, 0.05) is 22.4 Å². The molecule has 5 heteroatoms. The van der Waals surface area contributed by atoms with Gasteiger partial charge in [-0.1, -0.05) is 54.1 Å². The van der Waals surface area contributed by atoms with Crippen LogP contribution < -0.4 is 10.5 Å². The summed E-state index contributed by atoms with van der Waals surface area (Å²) < 4.78 is 0. The van der Waals surface area contributed by atoms with Crippen molar-refractivity contribution in [1.82, 2.24) is 9.97 Å². The van der Waals surface area contributed by atoms with Crippen LogP contribution in [0.25, 0.3) is 21.3 Å². The predicted octanol–water partition coefficient (Wildman–Crippen LogP) is 3.41. The van der Waals surface area contributed by atoms with Crippen LogP contribution in [0.3, 0.4) is 0 Å². The van der Waals surface area contributed by atoms with Crippen LogP contribution in [0.4, 0.5) is 0 Å². The summed E-state index contributed by atoms with van der Waals surface area (Å²) >= 11 is 1.62. The lowest BCUT2D eigenvalue weighted by molar-refractivity contribution is -0.930. The van der Waals surface area contributed by atoms with Gasteiger partial charge in [0.25, 0.3) is 5.56 Å². The van der Waals surface area contributed by atoms with Gasteiger partial charge in [-0.25, -0.2) is 4.98 Å². The Bertz CT molecular complexity index is 1250. The normalized spacial score (nSPS) is 16.1. The number of thiophene rings is 1. The molecule has 0 aliphatic carbocycles. The van der Waals surface area contributed by atoms with Crippen LogP contribution >= 0.6 is 11.3 Å². The van der Waals surface area contributed by atoms with Crippen molar-refractivity contribution in [2.75, 3.05) is 6.54 Å². The summed E-state index contributed by atoms with van der Waals surface area (Å²) in [5.41, 5.74) is 6.14. The Labute approximate surface area is 173 Å². The van der Waals surface area contributed by atoms with Gasteiger partial charge in [-0.2, -0.15) is 0 Å². The molecule has 0 saturated carbocycles. The quantitative estimate of drug-likeness (QED) is 0.552. The average molecular weight is 403 g/mol. The number of rotatable bonds is 3. The monoisotopic (exact) mass is 402 g/mol. The van der Waals surface area contributed by atoms with Crippen molar-refractivity contribution in [2.24, 2.45) is 0 Å². The molecule has 0 spiro atoms. The van der Waals surface area contributed by atoms with Gasteiger partial charge in [-0.3, -0.25) is 4.79 Å². The van der Waals surface area contributed by atoms with E-state index in [1.807, 2.05) is 0 Å². The van der Waals surface area contributed by atoms with E-state index in [1.165, 1.54) is 21.6 Å². The highest BCUT2D eigenvalue weighted by molar-refractivity contribution is 7.19. The van der Waals surface area contributed by atoms with Crippen molar-refractivity contribution in [1.29, 1.82) is 0 Å². The predicted molar refractivity (Wildman–Crippen MR) is 119 cm³/mol. The average Bonchev–Trinajstić information content (AvgIpc) is 3.05. The second kappa shape index (κ2) is 7.25. The van der Waals surface area contributed by atoms with Crippen LogP contribution in [0.1, 0.15) is 27.4 Å². The first-order valence-electron chi connectivity index (χ1n) is 10.1. The number of aromatic amines is 1. The highest BCUT2D eigenvalue weighted by Crippen LogP contribution is 2.35. The van der Waals surface area contributed by atoms with Gasteiger partial charge < -0.3 is 9.88 Å². The molecule has 2 aromatic heterocycles. The summed E-state index contributed by atoms with van der Waals surface area (Å²) in [6.07, 6.45) is 1.08. The van der Waals surface area contributed by atoms with E-state index in [2.05, 4.69) is 67.4 Å². The van der Waals surface area contributed by atoms with Gasteiger partial charge >= 0.3 is 0 Å². The van der Waals surface area contributed by atoms with E-state index in [-0.39, 0.29) is 5.56 Å². The molecule has 1 atom stereocenters. The highest BCUT2D eigenvalue weighted by Gasteiger charge is 2.22. The maximum atomic E-state index is 13.0. The Balaban J connectivity index is 1.48. The van der Waals surface area contributed by atoms with Gasteiger partial charge in [-0.15, -0.1) is 11.3 Å². The minimum absolute atomic E-state index is 0.0262. The smallest absolute Gasteiger partial charge is 0.260 e. The molecule has 2 aromatic carbocycles. The summed E-state index contributed by atoms with van der Waals surface area (Å²) in [4.78, 5) is 24.4. The lowest BCUT2D eigenvalue weighted by atomic mass is 10.00. The Morgan fingerprint density at radius 3 is 2.62 bits per heavy atom. The highest BCUT2D eigenvalue weighted by atomic mass is 32.1. The summed E-state index contributed by atoms with van der Waals surface area (Å²) in [7, 11) is 0. The number of nitrogens with one attached hydrogen (secondary N) is 2. The molecule has 4 nitrogen and oxygen atoms in total. The zero-order valence-corrected chi connectivity index (χ0v) is 17.5. The van der Waals surface area contributed by atoms with Gasteiger partial charge in [0.05, 0.1) is 11.9 Å². The molecular formula is C24H24N3OS+. The fourth-order valence-electron chi connectivity index (χ4n) is 4.35. The summed E-state index contributed by atoms with van der Waals surface area (Å²) in [5.74, 6) is 0.786. The fourth-order valence-corrected chi connectivity index (χ4v) is 5.41. The Hall–Kier alpha value is -2.76. The maximum Gasteiger partial charge on any atom is 0.260 e. The molecule has 5 rings (SSSR count). The van der Waals surface area contributed by atoms with Crippen molar-refractivity contribution in [3.05, 3.63) is 86.3 Å². The molecule has 29 heavy (non-hydrogen) atoms. The van der Waals surface area contributed by atoms with Gasteiger partial charge in [-0.05, 0) is 25.0 Å². The summed E-state index contributed by atoms with van der Waals surface area (Å²) in [6, 6.07) is 17.0. The van der Waals surface area contributed by atoms with Gasteiger partial charge in [0.2, 0.25) is 0 Å². The molecule has 146 valence electrons. The summed E-state index contributed by atoms with van der Waals surface area (Å²) in [5, 5.41) is 0.721. The third kappa shape index (κ3) is 3.41. The number of hydrogen-bond donors (Lipinski definition) is 2. The van der Waals surface area contributed by atoms with Crippen LogP contribution in [-0.4, -0.2) is 16.5 Å². The van der Waals surface area contributed by atoms with E-state index in [9.17, 15) is 4.79 Å². The number of aromatic nitrogens is 2. The van der Waals surface area contributed by atoms with Gasteiger partial charge in [0.1, 0.15) is 17.9 Å². The SMILES string of the molecule is Cc1ccc(-c2c(C)sc3nc(C[NH+]4CCc5ccccc5C4)[nH]c(=O)c23)cc1. The number of benzene rings is 2. The van der Waals surface area contributed by atoms with E-state index >= 15 is 0 Å². The lowest BCUT2D eigenvalue weighted by Gasteiger charge is -2.25. The molecule has 0 radical (unpaired) electrons. The second-order valence-electron chi connectivity index (χ2n) is 7.96. The Morgan fingerprint density at radius 1 is 1.07 bits per heavy atom. The van der Waals surface area contributed by atoms with Crippen molar-refractivity contribution in [3.8, 4) is 11.1 Å². The number of nitrogens with zero attached hydrogens (tertiary/aromatic N) is 1. The molecule has 0 fully saturated rings. The molecule has 1 aliphatic heterocycles. The van der Waals surface area contributed by atoms with Crippen molar-refractivity contribution in [2.45, 2.75) is 33.4 Å². The second-order valence-corrected chi connectivity index (χ2v) is 9.17. The first-order valence-corrected chi connectivity index (χ1v) is 10.9. The maximum absolute atomic E-state index is 13.0. The van der Waals surface area contributed by atoms with Crippen LogP contribution in [-0.2, 0) is 19.5 Å². The first-order chi connectivity index (χ1) is 14.1. The van der Waals surface area contributed by atoms with E-state index in [4.69, 9.17) is 4.98 Å². The number of quaternary nitrogens is 1. The van der Waals surface area contributed by atoms with Gasteiger partial charge in [0.15, 0.2) is 5.82 Å². The molecular weight excluding hydrogens is 378 g/mol. The lowest BCUT2D eigenvalue weighted by Crippen LogP contribution is -3.10. The third-order valence-corrected chi connectivity index (χ3v) is 6.85. The van der Waals surface area contributed by atoms with Crippen molar-refractivity contribution < 1.29 is 4.90 Å². The van der Waals surface area contributed by atoms with Crippen LogP contribution in [0.2, 0.25) is 0 Å². The molecule has 3 heterocycles. The largest absolute Gasteiger partial charge is 0.325 e. The fraction of sp³-hybridized carbons (Fsp3) is 0.250. The van der Waals surface area contributed by atoms with Crippen LogP contribution in [0.15, 0.2) is 53.3 Å². The zero-order chi connectivity index (χ0) is 20.0. The van der Waals surface area contributed by atoms with E-state index in [1.54, 1.807) is 11.3 Å². The third-order valence-electron chi connectivity index (χ3n) is 5.85.